The lowest BCUT2D eigenvalue weighted by Crippen LogP contribution is -2.37. The van der Waals surface area contributed by atoms with Crippen LogP contribution in [0.5, 0.6) is 5.75 Å². The molecular weight excluding hydrogens is 390 g/mol. The second-order valence-electron chi connectivity index (χ2n) is 5.97. The normalized spacial score (nSPS) is 11.5. The first-order valence-corrected chi connectivity index (χ1v) is 10.1. The maximum Gasteiger partial charge on any atom is 0.243 e. The molecule has 2 rings (SSSR count). The number of carbonyl (C=O) groups excluding carboxylic acids is 1. The molecule has 0 aromatic heterocycles. The lowest BCUT2D eigenvalue weighted by atomic mass is 10.2. The lowest BCUT2D eigenvalue weighted by molar-refractivity contribution is -0.116. The number of carbonyl (C=O) groups is 1. The molecule has 2 aromatic carbocycles. The molecule has 0 aliphatic rings. The molecule has 1 N–H and O–H groups in total. The molecule has 0 saturated carbocycles. The quantitative estimate of drug-likeness (QED) is 0.722. The van der Waals surface area contributed by atoms with Crippen LogP contribution in [0, 0.1) is 18.6 Å². The number of anilines is 1. The standard InChI is InChI=1S/C19H22F2N2O4S/c1-4-23(12-19(24)22-14-6-8-16(20)17(21)11-14)28(25,26)15-7-9-18(27-5-2)13(3)10-15/h6-11H,4-5,12H2,1-3H3,(H,22,24). The zero-order chi connectivity index (χ0) is 20.9. The topological polar surface area (TPSA) is 75.7 Å². The third kappa shape index (κ3) is 5.05. The van der Waals surface area contributed by atoms with E-state index < -0.39 is 34.1 Å². The second-order valence-corrected chi connectivity index (χ2v) is 7.91. The second kappa shape index (κ2) is 9.11. The fraction of sp³-hybridized carbons (Fsp3) is 0.316. The molecule has 0 bridgehead atoms. The predicted octanol–water partition coefficient (Wildman–Crippen LogP) is 3.32. The Bertz CT molecular complexity index is 964. The molecule has 6 nitrogen and oxygen atoms in total. The fourth-order valence-electron chi connectivity index (χ4n) is 2.55. The van der Waals surface area contributed by atoms with Gasteiger partial charge in [0.05, 0.1) is 18.0 Å². The van der Waals surface area contributed by atoms with E-state index in [0.29, 0.717) is 17.9 Å². The van der Waals surface area contributed by atoms with E-state index in [4.69, 9.17) is 4.74 Å². The largest absolute Gasteiger partial charge is 0.494 e. The number of nitrogens with zero attached hydrogens (tertiary/aromatic N) is 1. The summed E-state index contributed by atoms with van der Waals surface area (Å²) >= 11 is 0. The number of nitrogens with one attached hydrogen (secondary N) is 1. The number of benzene rings is 2. The van der Waals surface area contributed by atoms with E-state index >= 15 is 0 Å². The first kappa shape index (κ1) is 21.8. The van der Waals surface area contributed by atoms with Crippen molar-refractivity contribution in [3.05, 3.63) is 53.6 Å². The van der Waals surface area contributed by atoms with Crippen LogP contribution in [0.2, 0.25) is 0 Å². The van der Waals surface area contributed by atoms with E-state index in [2.05, 4.69) is 5.32 Å². The van der Waals surface area contributed by atoms with Gasteiger partial charge >= 0.3 is 0 Å². The van der Waals surface area contributed by atoms with Crippen molar-refractivity contribution in [3.8, 4) is 5.75 Å². The highest BCUT2D eigenvalue weighted by Gasteiger charge is 2.26. The van der Waals surface area contributed by atoms with Crippen LogP contribution in [0.15, 0.2) is 41.3 Å². The van der Waals surface area contributed by atoms with Gasteiger partial charge in [-0.1, -0.05) is 6.92 Å². The summed E-state index contributed by atoms with van der Waals surface area (Å²) in [7, 11) is -3.92. The summed E-state index contributed by atoms with van der Waals surface area (Å²) in [5.74, 6) is -2.23. The fourth-order valence-corrected chi connectivity index (χ4v) is 4.04. The van der Waals surface area contributed by atoms with Gasteiger partial charge < -0.3 is 10.1 Å². The summed E-state index contributed by atoms with van der Waals surface area (Å²) in [5.41, 5.74) is 0.694. The number of rotatable bonds is 8. The van der Waals surface area contributed by atoms with Crippen LogP contribution >= 0.6 is 0 Å². The molecule has 28 heavy (non-hydrogen) atoms. The van der Waals surface area contributed by atoms with Crippen LogP contribution in [0.1, 0.15) is 19.4 Å². The molecule has 0 radical (unpaired) electrons. The van der Waals surface area contributed by atoms with Gasteiger partial charge in [0.1, 0.15) is 5.75 Å². The van der Waals surface area contributed by atoms with Gasteiger partial charge in [0.25, 0.3) is 0 Å². The summed E-state index contributed by atoms with van der Waals surface area (Å²) in [6.07, 6.45) is 0. The number of amides is 1. The molecule has 9 heteroatoms. The van der Waals surface area contributed by atoms with Crippen LogP contribution in [-0.4, -0.2) is 38.3 Å². The third-order valence-corrected chi connectivity index (χ3v) is 5.88. The van der Waals surface area contributed by atoms with Gasteiger partial charge in [0.15, 0.2) is 11.6 Å². The number of ether oxygens (including phenoxy) is 1. The van der Waals surface area contributed by atoms with Gasteiger partial charge in [-0.3, -0.25) is 4.79 Å². The van der Waals surface area contributed by atoms with E-state index in [1.807, 2.05) is 6.92 Å². The van der Waals surface area contributed by atoms with Crippen molar-refractivity contribution >= 4 is 21.6 Å². The monoisotopic (exact) mass is 412 g/mol. The van der Waals surface area contributed by atoms with Crippen LogP contribution in [0.4, 0.5) is 14.5 Å². The first-order chi connectivity index (χ1) is 13.2. The highest BCUT2D eigenvalue weighted by Crippen LogP contribution is 2.24. The highest BCUT2D eigenvalue weighted by molar-refractivity contribution is 7.89. The lowest BCUT2D eigenvalue weighted by Gasteiger charge is -2.21. The molecule has 0 fully saturated rings. The molecule has 2 aromatic rings. The van der Waals surface area contributed by atoms with Crippen LogP contribution in [-0.2, 0) is 14.8 Å². The Morgan fingerprint density at radius 2 is 1.82 bits per heavy atom. The maximum atomic E-state index is 13.3. The average molecular weight is 412 g/mol. The van der Waals surface area contributed by atoms with Crippen molar-refractivity contribution in [1.82, 2.24) is 4.31 Å². The zero-order valence-corrected chi connectivity index (χ0v) is 16.6. The molecule has 0 heterocycles. The van der Waals surface area contributed by atoms with Crippen molar-refractivity contribution < 1.29 is 26.7 Å². The first-order valence-electron chi connectivity index (χ1n) is 8.67. The van der Waals surface area contributed by atoms with Crippen molar-refractivity contribution in [3.63, 3.8) is 0 Å². The minimum absolute atomic E-state index is 0.0364. The van der Waals surface area contributed by atoms with Crippen molar-refractivity contribution in [2.24, 2.45) is 0 Å². The molecule has 152 valence electrons. The summed E-state index contributed by atoms with van der Waals surface area (Å²) in [4.78, 5) is 12.2. The third-order valence-electron chi connectivity index (χ3n) is 3.96. The summed E-state index contributed by atoms with van der Waals surface area (Å²) in [6, 6.07) is 7.37. The number of hydrogen-bond donors (Lipinski definition) is 1. The number of halogens is 2. The van der Waals surface area contributed by atoms with Gasteiger partial charge in [-0.2, -0.15) is 4.31 Å². The summed E-state index contributed by atoms with van der Waals surface area (Å²) < 4.78 is 58.4. The van der Waals surface area contributed by atoms with E-state index in [1.54, 1.807) is 19.9 Å². The Morgan fingerprint density at radius 3 is 2.39 bits per heavy atom. The Kier molecular flexibility index (Phi) is 7.09. The Balaban J connectivity index is 2.17. The van der Waals surface area contributed by atoms with Crippen LogP contribution < -0.4 is 10.1 Å². The minimum atomic E-state index is -3.92. The van der Waals surface area contributed by atoms with Gasteiger partial charge in [-0.15, -0.1) is 0 Å². The average Bonchev–Trinajstić information content (AvgIpc) is 2.64. The SMILES string of the molecule is CCOc1ccc(S(=O)(=O)N(CC)CC(=O)Nc2ccc(F)c(F)c2)cc1C. The van der Waals surface area contributed by atoms with Crippen molar-refractivity contribution in [2.75, 3.05) is 25.0 Å². The van der Waals surface area contributed by atoms with E-state index in [9.17, 15) is 22.0 Å². The van der Waals surface area contributed by atoms with Crippen molar-refractivity contribution in [1.29, 1.82) is 0 Å². The molecular formula is C19H22F2N2O4S. The van der Waals surface area contributed by atoms with Crippen molar-refractivity contribution in [2.45, 2.75) is 25.7 Å². The van der Waals surface area contributed by atoms with E-state index in [0.717, 1.165) is 16.4 Å². The number of sulfonamides is 1. The Labute approximate surface area is 163 Å². The van der Waals surface area contributed by atoms with E-state index in [-0.39, 0.29) is 17.1 Å². The maximum absolute atomic E-state index is 13.3. The highest BCUT2D eigenvalue weighted by atomic mass is 32.2. The molecule has 0 aliphatic carbocycles. The number of aryl methyl sites for hydroxylation is 1. The smallest absolute Gasteiger partial charge is 0.243 e. The molecule has 0 spiro atoms. The van der Waals surface area contributed by atoms with Crippen LogP contribution in [0.3, 0.4) is 0 Å². The van der Waals surface area contributed by atoms with Gasteiger partial charge in [-0.25, -0.2) is 17.2 Å². The number of hydrogen-bond acceptors (Lipinski definition) is 4. The Hall–Kier alpha value is -2.52. The zero-order valence-electron chi connectivity index (χ0n) is 15.8. The molecule has 0 aliphatic heterocycles. The van der Waals surface area contributed by atoms with Gasteiger partial charge in [-0.05, 0) is 49.7 Å². The number of likely N-dealkylation sites (N-methyl/N-ethyl adjacent to an activating group) is 1. The predicted molar refractivity (Wildman–Crippen MR) is 102 cm³/mol. The summed E-state index contributed by atoms with van der Waals surface area (Å²) in [5, 5.41) is 2.36. The molecule has 0 atom stereocenters. The minimum Gasteiger partial charge on any atom is -0.494 e. The molecule has 1 amide bonds. The van der Waals surface area contributed by atoms with Gasteiger partial charge in [0.2, 0.25) is 15.9 Å². The summed E-state index contributed by atoms with van der Waals surface area (Å²) in [6.45, 7) is 5.20. The Morgan fingerprint density at radius 1 is 1.11 bits per heavy atom. The molecule has 0 unspecified atom stereocenters. The van der Waals surface area contributed by atoms with Crippen LogP contribution in [0.25, 0.3) is 0 Å². The van der Waals surface area contributed by atoms with E-state index in [1.165, 1.54) is 18.2 Å². The molecule has 0 saturated heterocycles. The van der Waals surface area contributed by atoms with Gasteiger partial charge in [0, 0.05) is 18.3 Å².